The van der Waals surface area contributed by atoms with E-state index >= 15 is 0 Å². The first kappa shape index (κ1) is 21.7. The summed E-state index contributed by atoms with van der Waals surface area (Å²) >= 11 is 0. The monoisotopic (exact) mass is 425 g/mol. The van der Waals surface area contributed by atoms with Gasteiger partial charge in [-0.25, -0.2) is 12.8 Å². The van der Waals surface area contributed by atoms with E-state index in [2.05, 4.69) is 10.6 Å². The molecule has 2 amide bonds. The molecule has 1 saturated heterocycles. The highest BCUT2D eigenvalue weighted by atomic mass is 32.2. The molecule has 1 aliphatic heterocycles. The van der Waals surface area contributed by atoms with Crippen molar-refractivity contribution >= 4 is 21.8 Å². The van der Waals surface area contributed by atoms with E-state index in [9.17, 15) is 22.4 Å². The maximum Gasteiger partial charge on any atom is 0.243 e. The van der Waals surface area contributed by atoms with Crippen LogP contribution < -0.4 is 10.6 Å². The Kier molecular flexibility index (Phi) is 6.58. The lowest BCUT2D eigenvalue weighted by molar-refractivity contribution is -0.132. The number of carbonyl (C=O) groups is 2. The molecule has 1 aromatic carbocycles. The second-order valence-electron chi connectivity index (χ2n) is 8.17. The van der Waals surface area contributed by atoms with Crippen molar-refractivity contribution in [1.82, 2.24) is 14.9 Å². The molecule has 2 aliphatic rings. The molecule has 29 heavy (non-hydrogen) atoms. The van der Waals surface area contributed by atoms with E-state index in [1.165, 1.54) is 16.4 Å². The number of carbonyl (C=O) groups excluding carboxylic acids is 2. The Morgan fingerprint density at radius 2 is 1.79 bits per heavy atom. The first-order valence-electron chi connectivity index (χ1n) is 10.0. The fourth-order valence-corrected chi connectivity index (χ4v) is 4.98. The summed E-state index contributed by atoms with van der Waals surface area (Å²) in [6.45, 7) is 4.08. The number of sulfonamides is 1. The van der Waals surface area contributed by atoms with Gasteiger partial charge in [-0.05, 0) is 55.9 Å². The average molecular weight is 426 g/mol. The number of rotatable bonds is 7. The summed E-state index contributed by atoms with van der Waals surface area (Å²) < 4.78 is 40.1. The zero-order chi connectivity index (χ0) is 21.2. The third kappa shape index (κ3) is 5.33. The van der Waals surface area contributed by atoms with Crippen molar-refractivity contribution in [3.63, 3.8) is 0 Å². The van der Waals surface area contributed by atoms with Crippen LogP contribution in [0.2, 0.25) is 0 Å². The predicted octanol–water partition coefficient (Wildman–Crippen LogP) is 1.65. The van der Waals surface area contributed by atoms with Crippen LogP contribution in [0, 0.1) is 17.7 Å². The van der Waals surface area contributed by atoms with Crippen LogP contribution in [0.1, 0.15) is 39.5 Å². The van der Waals surface area contributed by atoms with Crippen molar-refractivity contribution in [2.24, 2.45) is 11.8 Å². The molecule has 0 spiro atoms. The van der Waals surface area contributed by atoms with E-state index in [4.69, 9.17) is 0 Å². The minimum absolute atomic E-state index is 0.00354. The Labute approximate surface area is 171 Å². The van der Waals surface area contributed by atoms with Crippen LogP contribution >= 0.6 is 0 Å². The Hall–Kier alpha value is -2.00. The Morgan fingerprint density at radius 1 is 1.14 bits per heavy atom. The molecule has 0 radical (unpaired) electrons. The van der Waals surface area contributed by atoms with Crippen LogP contribution in [0.15, 0.2) is 29.2 Å². The second kappa shape index (κ2) is 8.79. The Morgan fingerprint density at radius 3 is 2.38 bits per heavy atom. The summed E-state index contributed by atoms with van der Waals surface area (Å²) in [5.74, 6) is -1.63. The number of hydrogen-bond acceptors (Lipinski definition) is 4. The number of nitrogens with zero attached hydrogens (tertiary/aromatic N) is 1. The van der Waals surface area contributed by atoms with Gasteiger partial charge in [0.1, 0.15) is 11.9 Å². The first-order chi connectivity index (χ1) is 13.7. The Balaban J connectivity index is 1.66. The largest absolute Gasteiger partial charge is 0.352 e. The van der Waals surface area contributed by atoms with E-state index < -0.39 is 27.8 Å². The Bertz CT molecular complexity index is 853. The molecule has 2 fully saturated rings. The van der Waals surface area contributed by atoms with Gasteiger partial charge in [0.25, 0.3) is 0 Å². The van der Waals surface area contributed by atoms with Crippen LogP contribution in [0.3, 0.4) is 0 Å². The van der Waals surface area contributed by atoms with Crippen LogP contribution in [0.4, 0.5) is 4.39 Å². The van der Waals surface area contributed by atoms with Crippen molar-refractivity contribution in [1.29, 1.82) is 0 Å². The van der Waals surface area contributed by atoms with Gasteiger partial charge in [-0.15, -0.1) is 0 Å². The van der Waals surface area contributed by atoms with Crippen molar-refractivity contribution in [2.75, 3.05) is 13.1 Å². The zero-order valence-corrected chi connectivity index (χ0v) is 17.5. The number of halogens is 1. The van der Waals surface area contributed by atoms with Crippen molar-refractivity contribution in [3.8, 4) is 0 Å². The molecule has 160 valence electrons. The smallest absolute Gasteiger partial charge is 0.243 e. The molecule has 0 aromatic heterocycles. The van der Waals surface area contributed by atoms with Gasteiger partial charge in [-0.3, -0.25) is 9.59 Å². The first-order valence-corrected chi connectivity index (χ1v) is 11.5. The van der Waals surface area contributed by atoms with Crippen LogP contribution in [0.25, 0.3) is 0 Å². The fraction of sp³-hybridized carbons (Fsp3) is 0.600. The third-order valence-corrected chi connectivity index (χ3v) is 7.26. The molecule has 9 heteroatoms. The SMILES string of the molecule is CC(C)C(NC(=O)C1CCCN(S(=O)(=O)c2ccc(F)cc2)C1)C(=O)NC1CC1. The molecule has 2 atom stereocenters. The fourth-order valence-electron chi connectivity index (χ4n) is 3.46. The second-order valence-corrected chi connectivity index (χ2v) is 10.1. The normalized spacial score (nSPS) is 21.6. The van der Waals surface area contributed by atoms with E-state index in [-0.39, 0.29) is 35.2 Å². The van der Waals surface area contributed by atoms with Gasteiger partial charge in [0.05, 0.1) is 10.8 Å². The van der Waals surface area contributed by atoms with E-state index in [0.29, 0.717) is 19.4 Å². The van der Waals surface area contributed by atoms with Gasteiger partial charge in [0.15, 0.2) is 0 Å². The standard InChI is InChI=1S/C20H28FN3O4S/c1-13(2)18(20(26)22-16-7-8-16)23-19(25)14-4-3-11-24(12-14)29(27,28)17-9-5-15(21)6-10-17/h5-6,9-10,13-14,16,18H,3-4,7-8,11-12H2,1-2H3,(H,22,26)(H,23,25). The minimum atomic E-state index is -3.81. The topological polar surface area (TPSA) is 95.6 Å². The lowest BCUT2D eigenvalue weighted by atomic mass is 9.96. The van der Waals surface area contributed by atoms with E-state index in [0.717, 1.165) is 25.0 Å². The van der Waals surface area contributed by atoms with Gasteiger partial charge in [-0.1, -0.05) is 13.8 Å². The van der Waals surface area contributed by atoms with Crippen LogP contribution in [0.5, 0.6) is 0 Å². The number of amides is 2. The summed E-state index contributed by atoms with van der Waals surface area (Å²) in [4.78, 5) is 25.2. The van der Waals surface area contributed by atoms with Gasteiger partial charge in [0, 0.05) is 19.1 Å². The van der Waals surface area contributed by atoms with Crippen LogP contribution in [-0.2, 0) is 19.6 Å². The van der Waals surface area contributed by atoms with Gasteiger partial charge in [-0.2, -0.15) is 4.31 Å². The summed E-state index contributed by atoms with van der Waals surface area (Å²) in [6.07, 6.45) is 3.02. The van der Waals surface area contributed by atoms with Crippen molar-refractivity contribution < 1.29 is 22.4 Å². The molecule has 3 rings (SSSR count). The van der Waals surface area contributed by atoms with Crippen molar-refractivity contribution in [3.05, 3.63) is 30.1 Å². The summed E-state index contributed by atoms with van der Waals surface area (Å²) in [5, 5.41) is 5.73. The molecule has 1 saturated carbocycles. The lowest BCUT2D eigenvalue weighted by Gasteiger charge is -2.32. The average Bonchev–Trinajstić information content (AvgIpc) is 3.50. The van der Waals surface area contributed by atoms with Crippen molar-refractivity contribution in [2.45, 2.75) is 56.5 Å². The number of hydrogen-bond donors (Lipinski definition) is 2. The minimum Gasteiger partial charge on any atom is -0.352 e. The molecular weight excluding hydrogens is 397 g/mol. The number of nitrogens with one attached hydrogen (secondary N) is 2. The molecule has 2 N–H and O–H groups in total. The molecule has 2 unspecified atom stereocenters. The quantitative estimate of drug-likeness (QED) is 0.694. The number of piperidine rings is 1. The molecule has 0 bridgehead atoms. The highest BCUT2D eigenvalue weighted by Gasteiger charge is 2.36. The molecule has 1 aliphatic carbocycles. The third-order valence-electron chi connectivity index (χ3n) is 5.38. The maximum atomic E-state index is 13.1. The lowest BCUT2D eigenvalue weighted by Crippen LogP contribution is -2.53. The summed E-state index contributed by atoms with van der Waals surface area (Å²) in [7, 11) is -3.81. The predicted molar refractivity (Wildman–Crippen MR) is 106 cm³/mol. The van der Waals surface area contributed by atoms with Gasteiger partial charge in [0.2, 0.25) is 21.8 Å². The van der Waals surface area contributed by atoms with E-state index in [1.54, 1.807) is 0 Å². The molecule has 1 heterocycles. The number of benzene rings is 1. The summed E-state index contributed by atoms with van der Waals surface area (Å²) in [6, 6.07) is 4.22. The molecule has 1 aromatic rings. The highest BCUT2D eigenvalue weighted by Crippen LogP contribution is 2.25. The summed E-state index contributed by atoms with van der Waals surface area (Å²) in [5.41, 5.74) is 0. The van der Waals surface area contributed by atoms with Crippen LogP contribution in [-0.4, -0.2) is 49.7 Å². The van der Waals surface area contributed by atoms with E-state index in [1.807, 2.05) is 13.8 Å². The zero-order valence-electron chi connectivity index (χ0n) is 16.7. The maximum absolute atomic E-state index is 13.1. The van der Waals surface area contributed by atoms with Gasteiger partial charge >= 0.3 is 0 Å². The highest BCUT2D eigenvalue weighted by molar-refractivity contribution is 7.89. The molecular formula is C20H28FN3O4S. The van der Waals surface area contributed by atoms with Gasteiger partial charge < -0.3 is 10.6 Å². The molecule has 7 nitrogen and oxygen atoms in total.